The Kier molecular flexibility index (Phi) is 11.1. The van der Waals surface area contributed by atoms with E-state index in [1.54, 1.807) is 24.3 Å². The maximum atomic E-state index is 13.5. The van der Waals surface area contributed by atoms with Gasteiger partial charge < -0.3 is 18.9 Å². The van der Waals surface area contributed by atoms with E-state index in [1.165, 1.54) is 12.1 Å². The highest BCUT2D eigenvalue weighted by atomic mass is 127. The topological polar surface area (TPSA) is 66.7 Å². The van der Waals surface area contributed by atoms with E-state index >= 15 is 0 Å². The number of furan rings is 2. The van der Waals surface area contributed by atoms with E-state index < -0.39 is 7.12 Å². The quantitative estimate of drug-likeness (QED) is 0.103. The van der Waals surface area contributed by atoms with Crippen molar-refractivity contribution in [3.05, 3.63) is 118 Å². The fourth-order valence-electron chi connectivity index (χ4n) is 3.44. The molecule has 0 unspecified atom stereocenters. The second kappa shape index (κ2) is 14.1. The summed E-state index contributed by atoms with van der Waals surface area (Å²) in [5.74, 6) is 0.158. The van der Waals surface area contributed by atoms with Crippen LogP contribution in [-0.4, -0.2) is 17.2 Å². The minimum Gasteiger partial charge on any atom is -0.465 e. The number of fused-ring (bicyclic) bond motifs is 2. The lowest BCUT2D eigenvalue weighted by Crippen LogP contribution is -2.27. The van der Waals surface area contributed by atoms with Crippen LogP contribution in [0.15, 0.2) is 112 Å². The molecule has 0 fully saturated rings. The Morgan fingerprint density at radius 2 is 1.18 bits per heavy atom. The molecule has 4 nitrogen and oxygen atoms in total. The molecule has 0 saturated heterocycles. The van der Waals surface area contributed by atoms with Gasteiger partial charge in [0.25, 0.3) is 0 Å². The van der Waals surface area contributed by atoms with Gasteiger partial charge in [-0.05, 0) is 139 Å². The molecule has 0 aliphatic heterocycles. The van der Waals surface area contributed by atoms with Gasteiger partial charge in [0.1, 0.15) is 34.2 Å². The van der Waals surface area contributed by atoms with Gasteiger partial charge in [0.2, 0.25) is 0 Å². The molecule has 204 valence electrons. The average molecular weight is 912 g/mol. The maximum absolute atomic E-state index is 13.5. The third-order valence-electron chi connectivity index (χ3n) is 5.32. The van der Waals surface area contributed by atoms with Crippen molar-refractivity contribution in [3.63, 3.8) is 0 Å². The molecule has 0 atom stereocenters. The summed E-state index contributed by atoms with van der Waals surface area (Å²) in [6, 6.07) is 24.7. The first kappa shape index (κ1) is 31.4. The molecule has 0 spiro atoms. The van der Waals surface area contributed by atoms with Crippen LogP contribution in [-0.2, 0) is 0 Å². The van der Waals surface area contributed by atoms with Gasteiger partial charge >= 0.3 is 7.12 Å². The number of hydrogen-bond acceptors (Lipinski definition) is 4. The number of halogens is 7. The van der Waals surface area contributed by atoms with Gasteiger partial charge in [-0.2, -0.15) is 0 Å². The number of benzene rings is 4. The molecular formula is C28H16BBr4F2IO4. The molecule has 2 heterocycles. The Hall–Kier alpha value is -1.55. The predicted molar refractivity (Wildman–Crippen MR) is 178 cm³/mol. The summed E-state index contributed by atoms with van der Waals surface area (Å²) in [7, 11) is -1.55. The highest BCUT2D eigenvalue weighted by molar-refractivity contribution is 14.1. The zero-order valence-corrected chi connectivity index (χ0v) is 28.5. The van der Waals surface area contributed by atoms with E-state index in [9.17, 15) is 8.78 Å². The normalized spacial score (nSPS) is 10.6. The molecular weight excluding hydrogens is 896 g/mol. The number of rotatable bonds is 2. The minimum atomic E-state index is -1.55. The molecule has 12 heteroatoms. The molecule has 6 aromatic rings. The van der Waals surface area contributed by atoms with Crippen LogP contribution in [0.3, 0.4) is 0 Å². The fourth-order valence-corrected chi connectivity index (χ4v) is 5.14. The largest absolute Gasteiger partial charge is 0.526 e. The van der Waals surface area contributed by atoms with Crippen molar-refractivity contribution >= 4 is 121 Å². The zero-order valence-electron chi connectivity index (χ0n) is 20.0. The van der Waals surface area contributed by atoms with Crippen LogP contribution in [0.4, 0.5) is 8.78 Å². The maximum Gasteiger partial charge on any atom is 0.526 e. The number of hydrogen-bond donors (Lipinski definition) is 2. The van der Waals surface area contributed by atoms with Crippen molar-refractivity contribution in [2.45, 2.75) is 0 Å². The van der Waals surface area contributed by atoms with Crippen molar-refractivity contribution in [1.82, 2.24) is 0 Å². The zero-order chi connectivity index (χ0) is 29.0. The molecule has 0 amide bonds. The van der Waals surface area contributed by atoms with Gasteiger partial charge in [-0.25, -0.2) is 8.78 Å². The Morgan fingerprint density at radius 1 is 0.625 bits per heavy atom. The lowest BCUT2D eigenvalue weighted by molar-refractivity contribution is 0.412. The van der Waals surface area contributed by atoms with Crippen LogP contribution in [0.1, 0.15) is 0 Å². The van der Waals surface area contributed by atoms with Gasteiger partial charge in [-0.15, -0.1) is 0 Å². The molecule has 0 aliphatic rings. The summed E-state index contributed by atoms with van der Waals surface area (Å²) in [6.45, 7) is 0. The second-order valence-electron chi connectivity index (χ2n) is 8.18. The molecule has 0 radical (unpaired) electrons. The van der Waals surface area contributed by atoms with E-state index in [2.05, 4.69) is 86.3 Å². The molecule has 6 rings (SSSR count). The SMILES string of the molecule is Fc1cc(-c2cc3cc(Br)ccc3o2)ccc1Br.Fc1cc(I)ccc1Br.OB(O)c1cc2cc(Br)ccc2o1. The summed E-state index contributed by atoms with van der Waals surface area (Å²) in [4.78, 5) is 0. The lowest BCUT2D eigenvalue weighted by atomic mass is 9.88. The van der Waals surface area contributed by atoms with Gasteiger partial charge in [-0.1, -0.05) is 31.9 Å². The van der Waals surface area contributed by atoms with Crippen LogP contribution in [0, 0.1) is 15.2 Å². The van der Waals surface area contributed by atoms with E-state index in [-0.39, 0.29) is 17.3 Å². The highest BCUT2D eigenvalue weighted by Gasteiger charge is 2.16. The third-order valence-corrected chi connectivity index (χ3v) is 8.26. The first-order chi connectivity index (χ1) is 19.0. The molecule has 0 aliphatic carbocycles. The molecule has 2 N–H and O–H groups in total. The van der Waals surface area contributed by atoms with Crippen molar-refractivity contribution in [1.29, 1.82) is 0 Å². The monoisotopic (exact) mass is 908 g/mol. The van der Waals surface area contributed by atoms with Gasteiger partial charge in [0.05, 0.1) is 8.95 Å². The van der Waals surface area contributed by atoms with Crippen molar-refractivity contribution in [2.75, 3.05) is 0 Å². The van der Waals surface area contributed by atoms with Crippen LogP contribution in [0.5, 0.6) is 0 Å². The van der Waals surface area contributed by atoms with E-state index in [1.807, 2.05) is 48.5 Å². The van der Waals surface area contributed by atoms with Crippen molar-refractivity contribution < 1.29 is 27.7 Å². The Morgan fingerprint density at radius 3 is 1.73 bits per heavy atom. The molecule has 4 aromatic carbocycles. The Balaban J connectivity index is 0.000000148. The van der Waals surface area contributed by atoms with Crippen molar-refractivity contribution in [3.8, 4) is 11.3 Å². The average Bonchev–Trinajstić information content (AvgIpc) is 3.53. The third kappa shape index (κ3) is 8.27. The fraction of sp³-hybridized carbons (Fsp3) is 0. The summed E-state index contributed by atoms with van der Waals surface area (Å²) in [5, 5.41) is 19.5. The first-order valence-electron chi connectivity index (χ1n) is 11.3. The smallest absolute Gasteiger partial charge is 0.465 e. The van der Waals surface area contributed by atoms with E-state index in [0.717, 1.165) is 34.4 Å². The first-order valence-corrected chi connectivity index (χ1v) is 15.6. The molecule has 0 bridgehead atoms. The Bertz CT molecular complexity index is 1790. The Labute approximate surface area is 275 Å². The van der Waals surface area contributed by atoms with Gasteiger partial charge in [-0.3, -0.25) is 0 Å². The van der Waals surface area contributed by atoms with Crippen LogP contribution >= 0.6 is 86.3 Å². The van der Waals surface area contributed by atoms with Crippen LogP contribution < -0.4 is 5.66 Å². The summed E-state index contributed by atoms with van der Waals surface area (Å²) in [6.07, 6.45) is 0. The molecule has 2 aromatic heterocycles. The lowest BCUT2D eigenvalue weighted by Gasteiger charge is -1.98. The second-order valence-corrected chi connectivity index (χ2v) is 13.0. The van der Waals surface area contributed by atoms with Crippen LogP contribution in [0.25, 0.3) is 33.3 Å². The minimum absolute atomic E-state index is 0.160. The standard InChI is InChI=1S/C14H7Br2FO.C8H6BBrO3.C6H3BrFI/c15-10-2-4-13-9(5-10)7-14(18-13)8-1-3-11(16)12(17)6-8;10-6-1-2-7-5(3-6)4-8(13-7)9(11)12;7-5-2-1-4(9)3-6(5)8/h1-7H;1-4,11-12H;1-3H. The predicted octanol–water partition coefficient (Wildman–Crippen LogP) is 9.83. The molecule has 40 heavy (non-hydrogen) atoms. The van der Waals surface area contributed by atoms with E-state index in [4.69, 9.17) is 18.9 Å². The van der Waals surface area contributed by atoms with E-state index in [0.29, 0.717) is 20.3 Å². The highest BCUT2D eigenvalue weighted by Crippen LogP contribution is 2.31. The van der Waals surface area contributed by atoms with Crippen molar-refractivity contribution in [2.24, 2.45) is 0 Å². The molecule has 0 saturated carbocycles. The van der Waals surface area contributed by atoms with Crippen LogP contribution in [0.2, 0.25) is 0 Å². The summed E-state index contributed by atoms with van der Waals surface area (Å²) in [5.41, 5.74) is 2.32. The van der Waals surface area contributed by atoms with Gasteiger partial charge in [0.15, 0.2) is 0 Å². The summed E-state index contributed by atoms with van der Waals surface area (Å²) >= 11 is 15.0. The summed E-state index contributed by atoms with van der Waals surface area (Å²) < 4.78 is 40.7. The van der Waals surface area contributed by atoms with Gasteiger partial charge in [0, 0.05) is 28.9 Å².